The molecule has 0 N–H and O–H groups in total. The fourth-order valence-electron chi connectivity index (χ4n) is 3.19. The fourth-order valence-corrected chi connectivity index (χ4v) is 3.19. The zero-order valence-electron chi connectivity index (χ0n) is 14.4. The molecule has 0 bridgehead atoms. The van der Waals surface area contributed by atoms with E-state index in [1.807, 2.05) is 0 Å². The number of piperazine rings is 1. The number of hydrogen-bond donors (Lipinski definition) is 0. The molecule has 7 heteroatoms. The van der Waals surface area contributed by atoms with E-state index in [9.17, 15) is 13.6 Å². The minimum atomic E-state index is -0.358. The van der Waals surface area contributed by atoms with Gasteiger partial charge < -0.3 is 14.3 Å². The average molecular weight is 369 g/mol. The molecule has 27 heavy (non-hydrogen) atoms. The van der Waals surface area contributed by atoms with Gasteiger partial charge in [0.15, 0.2) is 5.76 Å². The lowest BCUT2D eigenvalue weighted by Gasteiger charge is -2.36. The van der Waals surface area contributed by atoms with Crippen LogP contribution in [0.5, 0.6) is 0 Å². The molecule has 1 aliphatic rings. The molecule has 2 aromatic carbocycles. The first-order valence-corrected chi connectivity index (χ1v) is 8.62. The number of benzene rings is 2. The van der Waals surface area contributed by atoms with E-state index >= 15 is 0 Å². The van der Waals surface area contributed by atoms with Crippen molar-refractivity contribution < 1.29 is 18.1 Å². The van der Waals surface area contributed by atoms with Gasteiger partial charge in [-0.3, -0.25) is 4.79 Å². The Morgan fingerprint density at radius 2 is 1.48 bits per heavy atom. The van der Waals surface area contributed by atoms with E-state index in [0.717, 1.165) is 5.69 Å². The summed E-state index contributed by atoms with van der Waals surface area (Å²) in [5, 5.41) is 3.75. The van der Waals surface area contributed by atoms with Crippen LogP contribution in [0.2, 0.25) is 0 Å². The van der Waals surface area contributed by atoms with Crippen LogP contribution < -0.4 is 4.90 Å². The summed E-state index contributed by atoms with van der Waals surface area (Å²) < 4.78 is 31.4. The van der Waals surface area contributed by atoms with E-state index in [0.29, 0.717) is 43.1 Å². The minimum Gasteiger partial charge on any atom is -0.368 e. The van der Waals surface area contributed by atoms with Crippen LogP contribution in [-0.4, -0.2) is 42.1 Å². The van der Waals surface area contributed by atoms with Gasteiger partial charge in [0, 0.05) is 37.4 Å². The monoisotopic (exact) mass is 369 g/mol. The second-order valence-corrected chi connectivity index (χ2v) is 6.33. The van der Waals surface area contributed by atoms with Crippen molar-refractivity contribution in [3.8, 4) is 11.3 Å². The first-order chi connectivity index (χ1) is 13.1. The largest absolute Gasteiger partial charge is 0.368 e. The van der Waals surface area contributed by atoms with Gasteiger partial charge in [-0.1, -0.05) is 5.16 Å². The molecule has 1 saturated heterocycles. The average Bonchev–Trinajstić information content (AvgIpc) is 3.18. The van der Waals surface area contributed by atoms with Gasteiger partial charge in [-0.15, -0.1) is 0 Å². The van der Waals surface area contributed by atoms with Crippen molar-refractivity contribution in [3.05, 3.63) is 71.9 Å². The molecule has 3 aromatic rings. The summed E-state index contributed by atoms with van der Waals surface area (Å²) in [4.78, 5) is 16.7. The number of carbonyl (C=O) groups is 1. The topological polar surface area (TPSA) is 49.6 Å². The number of nitrogens with zero attached hydrogens (tertiary/aromatic N) is 3. The maximum absolute atomic E-state index is 13.1. The maximum atomic E-state index is 13.1. The van der Waals surface area contributed by atoms with Crippen LogP contribution in [0, 0.1) is 11.6 Å². The van der Waals surface area contributed by atoms with E-state index in [1.54, 1.807) is 29.2 Å². The van der Waals surface area contributed by atoms with Gasteiger partial charge in [0.2, 0.25) is 0 Å². The molecule has 0 unspecified atom stereocenters. The zero-order chi connectivity index (χ0) is 18.8. The third-order valence-electron chi connectivity index (χ3n) is 4.67. The third kappa shape index (κ3) is 3.53. The predicted octanol–water partition coefficient (Wildman–Crippen LogP) is 3.58. The fraction of sp³-hybridized carbons (Fsp3) is 0.200. The molecule has 5 nitrogen and oxygen atoms in total. The molecule has 1 amide bonds. The van der Waals surface area contributed by atoms with Crippen LogP contribution in [0.1, 0.15) is 10.4 Å². The molecular weight excluding hydrogens is 352 g/mol. The lowest BCUT2D eigenvalue weighted by Crippen LogP contribution is -2.48. The molecule has 0 aliphatic carbocycles. The standard InChI is InChI=1S/C20H17F2N3O2/c21-15-3-1-14(2-4-15)19-18(13-23-27-19)20(26)25-11-9-24(10-12-25)17-7-5-16(22)6-8-17/h1-8,13H,9-12H2. The summed E-state index contributed by atoms with van der Waals surface area (Å²) in [6.45, 7) is 2.36. The number of carbonyl (C=O) groups excluding carboxylic acids is 1. The second kappa shape index (κ2) is 7.19. The van der Waals surface area contributed by atoms with Crippen molar-refractivity contribution in [2.75, 3.05) is 31.1 Å². The van der Waals surface area contributed by atoms with Gasteiger partial charge >= 0.3 is 0 Å². The van der Waals surface area contributed by atoms with E-state index < -0.39 is 0 Å². The number of hydrogen-bond acceptors (Lipinski definition) is 4. The minimum absolute atomic E-state index is 0.172. The Balaban J connectivity index is 1.46. The molecule has 4 rings (SSSR count). The lowest BCUT2D eigenvalue weighted by atomic mass is 10.1. The number of halogens is 2. The van der Waals surface area contributed by atoms with E-state index in [-0.39, 0.29) is 17.5 Å². The van der Waals surface area contributed by atoms with Gasteiger partial charge in [0.05, 0.1) is 6.20 Å². The summed E-state index contributed by atoms with van der Waals surface area (Å²) in [5.74, 6) is -0.466. The molecule has 1 aromatic heterocycles. The highest BCUT2D eigenvalue weighted by Crippen LogP contribution is 2.26. The van der Waals surface area contributed by atoms with Crippen LogP contribution >= 0.6 is 0 Å². The quantitative estimate of drug-likeness (QED) is 0.708. The molecule has 1 aliphatic heterocycles. The molecule has 2 heterocycles. The number of amides is 1. The highest BCUT2D eigenvalue weighted by atomic mass is 19.1. The smallest absolute Gasteiger partial charge is 0.259 e. The Morgan fingerprint density at radius 1 is 0.889 bits per heavy atom. The molecule has 0 spiro atoms. The molecule has 0 atom stereocenters. The Morgan fingerprint density at radius 3 is 2.11 bits per heavy atom. The Hall–Kier alpha value is -3.22. The van der Waals surface area contributed by atoms with Crippen LogP contribution in [0.4, 0.5) is 14.5 Å². The Bertz CT molecular complexity index is 931. The highest BCUT2D eigenvalue weighted by molar-refractivity contribution is 5.99. The lowest BCUT2D eigenvalue weighted by molar-refractivity contribution is 0.0747. The SMILES string of the molecule is O=C(c1cnoc1-c1ccc(F)cc1)N1CCN(c2ccc(F)cc2)CC1. The van der Waals surface area contributed by atoms with E-state index in [1.165, 1.54) is 30.5 Å². The Kier molecular flexibility index (Phi) is 4.58. The first kappa shape index (κ1) is 17.2. The summed E-state index contributed by atoms with van der Waals surface area (Å²) in [5.41, 5.74) is 1.89. The van der Waals surface area contributed by atoms with Gasteiger partial charge in [0.1, 0.15) is 17.2 Å². The second-order valence-electron chi connectivity index (χ2n) is 6.33. The summed E-state index contributed by atoms with van der Waals surface area (Å²) in [6.07, 6.45) is 1.40. The molecule has 0 radical (unpaired) electrons. The zero-order valence-corrected chi connectivity index (χ0v) is 14.4. The molecule has 138 valence electrons. The first-order valence-electron chi connectivity index (χ1n) is 8.62. The van der Waals surface area contributed by atoms with Crippen molar-refractivity contribution >= 4 is 11.6 Å². The number of rotatable bonds is 3. The van der Waals surface area contributed by atoms with Crippen molar-refractivity contribution in [3.63, 3.8) is 0 Å². The molecule has 1 fully saturated rings. The van der Waals surface area contributed by atoms with Gasteiger partial charge in [0.25, 0.3) is 5.91 Å². The van der Waals surface area contributed by atoms with Crippen LogP contribution in [0.3, 0.4) is 0 Å². The Labute approximate surface area is 154 Å². The van der Waals surface area contributed by atoms with Gasteiger partial charge in [-0.05, 0) is 48.5 Å². The van der Waals surface area contributed by atoms with Crippen molar-refractivity contribution in [2.24, 2.45) is 0 Å². The van der Waals surface area contributed by atoms with E-state index in [4.69, 9.17) is 4.52 Å². The van der Waals surface area contributed by atoms with Crippen LogP contribution in [0.25, 0.3) is 11.3 Å². The van der Waals surface area contributed by atoms with Crippen LogP contribution in [0.15, 0.2) is 59.3 Å². The normalized spacial score (nSPS) is 14.4. The van der Waals surface area contributed by atoms with E-state index in [2.05, 4.69) is 10.1 Å². The number of anilines is 1. The maximum Gasteiger partial charge on any atom is 0.259 e. The predicted molar refractivity (Wildman–Crippen MR) is 96.4 cm³/mol. The van der Waals surface area contributed by atoms with Crippen molar-refractivity contribution in [1.29, 1.82) is 0 Å². The number of aromatic nitrogens is 1. The van der Waals surface area contributed by atoms with Gasteiger partial charge in [-0.2, -0.15) is 0 Å². The van der Waals surface area contributed by atoms with Crippen molar-refractivity contribution in [2.45, 2.75) is 0 Å². The van der Waals surface area contributed by atoms with Crippen molar-refractivity contribution in [1.82, 2.24) is 10.1 Å². The molecule has 0 saturated carbocycles. The summed E-state index contributed by atoms with van der Waals surface area (Å²) in [7, 11) is 0. The highest BCUT2D eigenvalue weighted by Gasteiger charge is 2.26. The summed E-state index contributed by atoms with van der Waals surface area (Å²) >= 11 is 0. The summed E-state index contributed by atoms with van der Waals surface area (Å²) in [6, 6.07) is 12.1. The third-order valence-corrected chi connectivity index (χ3v) is 4.67. The van der Waals surface area contributed by atoms with Crippen LogP contribution in [-0.2, 0) is 0 Å². The molecular formula is C20H17F2N3O2. The van der Waals surface area contributed by atoms with Gasteiger partial charge in [-0.25, -0.2) is 8.78 Å².